The number of rotatable bonds is 12. The molecule has 1 aliphatic rings. The number of nitrogens with two attached hydrogens (primary N) is 1. The van der Waals surface area contributed by atoms with Gasteiger partial charge in [0.2, 0.25) is 0 Å². The topological polar surface area (TPSA) is 165 Å². The maximum absolute atomic E-state index is 11.7. The van der Waals surface area contributed by atoms with Crippen LogP contribution in [0.25, 0.3) is 0 Å². The Hall–Kier alpha value is -1.83. The summed E-state index contributed by atoms with van der Waals surface area (Å²) in [5.41, 5.74) is 5.37. The van der Waals surface area contributed by atoms with Gasteiger partial charge >= 0.3 is 17.9 Å². The summed E-state index contributed by atoms with van der Waals surface area (Å²) >= 11 is 0. The number of carbonyl (C=O) groups is 3. The smallest absolute Gasteiger partial charge is 0.303 e. The van der Waals surface area contributed by atoms with Crippen molar-refractivity contribution in [3.8, 4) is 0 Å². The first-order valence-corrected chi connectivity index (χ1v) is 9.62. The molecule has 0 spiro atoms. The molecular formula is C18H32N2O10. The zero-order valence-corrected chi connectivity index (χ0v) is 17.7. The minimum Gasteiger partial charge on any atom is -0.463 e. The molecule has 1 aliphatic heterocycles. The molecule has 0 aromatic carbocycles. The second kappa shape index (κ2) is 13.5. The van der Waals surface area contributed by atoms with Gasteiger partial charge in [0.15, 0.2) is 18.5 Å². The van der Waals surface area contributed by atoms with Crippen molar-refractivity contribution >= 4 is 17.9 Å². The van der Waals surface area contributed by atoms with Gasteiger partial charge in [-0.25, -0.2) is 0 Å². The van der Waals surface area contributed by atoms with E-state index < -0.39 is 54.8 Å². The molecule has 0 aromatic heterocycles. The molecule has 12 heteroatoms. The number of hydrogen-bond donors (Lipinski definition) is 3. The highest BCUT2D eigenvalue weighted by Gasteiger charge is 2.51. The van der Waals surface area contributed by atoms with Crippen LogP contribution in [-0.4, -0.2) is 92.9 Å². The molecule has 174 valence electrons. The summed E-state index contributed by atoms with van der Waals surface area (Å²) in [5.74, 6) is -1.87. The van der Waals surface area contributed by atoms with Gasteiger partial charge in [0.05, 0.1) is 19.8 Å². The van der Waals surface area contributed by atoms with Crippen molar-refractivity contribution in [2.24, 2.45) is 5.73 Å². The van der Waals surface area contributed by atoms with Crippen molar-refractivity contribution in [3.05, 3.63) is 0 Å². The summed E-state index contributed by atoms with van der Waals surface area (Å²) in [6, 6.07) is -0.902. The van der Waals surface area contributed by atoms with Gasteiger partial charge in [-0.2, -0.15) is 0 Å². The SMILES string of the molecule is CC(=O)OCC1OC(OCCOCCN)C(NC(C)O)C(OC(C)=O)C1OC(C)=O. The van der Waals surface area contributed by atoms with Gasteiger partial charge in [-0.1, -0.05) is 0 Å². The van der Waals surface area contributed by atoms with Crippen molar-refractivity contribution < 1.29 is 47.9 Å². The Bertz CT molecular complexity index is 559. The first-order valence-electron chi connectivity index (χ1n) is 9.62. The second-order valence-corrected chi connectivity index (χ2v) is 6.63. The average Bonchev–Trinajstić information content (AvgIpc) is 2.63. The number of aliphatic hydroxyl groups is 1. The summed E-state index contributed by atoms with van der Waals surface area (Å²) in [6.45, 7) is 5.81. The second-order valence-electron chi connectivity index (χ2n) is 6.63. The van der Waals surface area contributed by atoms with Gasteiger partial charge in [-0.05, 0) is 6.92 Å². The van der Waals surface area contributed by atoms with Crippen LogP contribution in [0.5, 0.6) is 0 Å². The highest BCUT2D eigenvalue weighted by Crippen LogP contribution is 2.28. The van der Waals surface area contributed by atoms with Crippen molar-refractivity contribution in [2.45, 2.75) is 64.6 Å². The molecule has 1 heterocycles. The van der Waals surface area contributed by atoms with Crippen molar-refractivity contribution in [1.82, 2.24) is 5.32 Å². The van der Waals surface area contributed by atoms with E-state index in [1.807, 2.05) is 0 Å². The quantitative estimate of drug-likeness (QED) is 0.139. The molecule has 0 amide bonds. The predicted octanol–water partition coefficient (Wildman–Crippen LogP) is -1.57. The van der Waals surface area contributed by atoms with E-state index in [1.165, 1.54) is 27.7 Å². The molecule has 6 unspecified atom stereocenters. The molecule has 30 heavy (non-hydrogen) atoms. The minimum atomic E-state index is -1.12. The number of esters is 3. The van der Waals surface area contributed by atoms with Gasteiger partial charge in [0.1, 0.15) is 25.0 Å². The fourth-order valence-electron chi connectivity index (χ4n) is 2.91. The molecule has 12 nitrogen and oxygen atoms in total. The monoisotopic (exact) mass is 436 g/mol. The largest absolute Gasteiger partial charge is 0.463 e. The van der Waals surface area contributed by atoms with Gasteiger partial charge in [0, 0.05) is 27.3 Å². The van der Waals surface area contributed by atoms with E-state index in [4.69, 9.17) is 34.2 Å². The molecule has 0 bridgehead atoms. The van der Waals surface area contributed by atoms with Crippen LogP contribution in [-0.2, 0) is 42.8 Å². The van der Waals surface area contributed by atoms with E-state index in [0.717, 1.165) is 0 Å². The van der Waals surface area contributed by atoms with Crippen molar-refractivity contribution in [1.29, 1.82) is 0 Å². The molecule has 1 rings (SSSR count). The maximum Gasteiger partial charge on any atom is 0.303 e. The van der Waals surface area contributed by atoms with Gasteiger partial charge in [0.25, 0.3) is 0 Å². The summed E-state index contributed by atoms with van der Waals surface area (Å²) in [6.07, 6.45) is -5.26. The predicted molar refractivity (Wildman–Crippen MR) is 101 cm³/mol. The van der Waals surface area contributed by atoms with E-state index in [1.54, 1.807) is 0 Å². The summed E-state index contributed by atoms with van der Waals surface area (Å²) in [7, 11) is 0. The van der Waals surface area contributed by atoms with E-state index in [2.05, 4.69) is 5.32 Å². The number of carbonyl (C=O) groups excluding carboxylic acids is 3. The fraction of sp³-hybridized carbons (Fsp3) is 0.833. The molecule has 1 fully saturated rings. The molecule has 0 aliphatic carbocycles. The Balaban J connectivity index is 3.11. The standard InChI is InChI=1S/C18H32N2O10/c1-10(21)20-15-17(29-13(4)24)16(28-12(3)23)14(9-27-11(2)22)30-18(15)26-8-7-25-6-5-19/h10,14-18,20-21H,5-9,19H2,1-4H3. The van der Waals surface area contributed by atoms with E-state index in [-0.39, 0.29) is 19.8 Å². The Morgan fingerprint density at radius 2 is 1.67 bits per heavy atom. The lowest BCUT2D eigenvalue weighted by molar-refractivity contribution is -0.282. The lowest BCUT2D eigenvalue weighted by Crippen LogP contribution is -2.67. The van der Waals surface area contributed by atoms with Crippen molar-refractivity contribution in [2.75, 3.05) is 33.0 Å². The number of nitrogens with one attached hydrogen (secondary N) is 1. The van der Waals surface area contributed by atoms with Gasteiger partial charge in [-0.3, -0.25) is 19.7 Å². The molecule has 4 N–H and O–H groups in total. The lowest BCUT2D eigenvalue weighted by atomic mass is 9.96. The van der Waals surface area contributed by atoms with Crippen LogP contribution in [0.15, 0.2) is 0 Å². The summed E-state index contributed by atoms with van der Waals surface area (Å²) in [5, 5.41) is 12.6. The first-order chi connectivity index (χ1) is 14.1. The van der Waals surface area contributed by atoms with Crippen LogP contribution in [0, 0.1) is 0 Å². The third kappa shape index (κ3) is 9.32. The zero-order chi connectivity index (χ0) is 22.7. The molecule has 6 atom stereocenters. The Labute approximate surface area is 175 Å². The van der Waals surface area contributed by atoms with Crippen molar-refractivity contribution in [3.63, 3.8) is 0 Å². The molecule has 0 radical (unpaired) electrons. The lowest BCUT2D eigenvalue weighted by Gasteiger charge is -2.45. The summed E-state index contributed by atoms with van der Waals surface area (Å²) in [4.78, 5) is 34.7. The van der Waals surface area contributed by atoms with E-state index in [9.17, 15) is 19.5 Å². The molecular weight excluding hydrogens is 404 g/mol. The van der Waals surface area contributed by atoms with E-state index >= 15 is 0 Å². The van der Waals surface area contributed by atoms with Crippen LogP contribution in [0.2, 0.25) is 0 Å². The molecule has 1 saturated heterocycles. The van der Waals surface area contributed by atoms with Crippen LogP contribution in [0.1, 0.15) is 27.7 Å². The van der Waals surface area contributed by atoms with Crippen LogP contribution < -0.4 is 11.1 Å². The Morgan fingerprint density at radius 3 is 2.20 bits per heavy atom. The minimum absolute atomic E-state index is 0.105. The normalized spacial score (nSPS) is 27.2. The Kier molecular flexibility index (Phi) is 11.8. The van der Waals surface area contributed by atoms with Gasteiger partial charge in [-0.15, -0.1) is 0 Å². The number of aliphatic hydroxyl groups excluding tert-OH is 1. The van der Waals surface area contributed by atoms with Crippen LogP contribution >= 0.6 is 0 Å². The number of ether oxygens (including phenoxy) is 6. The fourth-order valence-corrected chi connectivity index (χ4v) is 2.91. The Morgan fingerprint density at radius 1 is 1.03 bits per heavy atom. The van der Waals surface area contributed by atoms with E-state index in [0.29, 0.717) is 13.2 Å². The molecule has 0 aromatic rings. The van der Waals surface area contributed by atoms with Crippen LogP contribution in [0.3, 0.4) is 0 Å². The van der Waals surface area contributed by atoms with Crippen LogP contribution in [0.4, 0.5) is 0 Å². The summed E-state index contributed by atoms with van der Waals surface area (Å²) < 4.78 is 32.6. The number of hydrogen-bond acceptors (Lipinski definition) is 12. The maximum atomic E-state index is 11.7. The zero-order valence-electron chi connectivity index (χ0n) is 17.7. The highest BCUT2D eigenvalue weighted by atomic mass is 16.7. The third-order valence-corrected chi connectivity index (χ3v) is 3.91. The third-order valence-electron chi connectivity index (χ3n) is 3.91. The average molecular weight is 436 g/mol. The van der Waals surface area contributed by atoms with Gasteiger partial charge < -0.3 is 39.3 Å². The highest BCUT2D eigenvalue weighted by molar-refractivity contribution is 5.68. The first kappa shape index (κ1) is 26.2. The molecule has 0 saturated carbocycles.